The van der Waals surface area contributed by atoms with E-state index in [0.29, 0.717) is 23.4 Å². The second kappa shape index (κ2) is 10.5. The molecule has 1 heterocycles. The first kappa shape index (κ1) is 24.2. The number of hydrogen-bond acceptors (Lipinski definition) is 5. The van der Waals surface area contributed by atoms with Gasteiger partial charge in [-0.2, -0.15) is 4.31 Å². The number of piperidine rings is 1. The Hall–Kier alpha value is -2.97. The third kappa shape index (κ3) is 5.74. The molecule has 0 bridgehead atoms. The van der Waals surface area contributed by atoms with Crippen LogP contribution in [-0.4, -0.2) is 42.8 Å². The van der Waals surface area contributed by atoms with Gasteiger partial charge < -0.3 is 10.4 Å². The molecular formula is C26H25ClN2O4S. The Balaban J connectivity index is 1.49. The van der Waals surface area contributed by atoms with Gasteiger partial charge in [-0.25, -0.2) is 8.42 Å². The summed E-state index contributed by atoms with van der Waals surface area (Å²) in [6.45, 7) is 0.570. The van der Waals surface area contributed by atoms with E-state index in [1.807, 2.05) is 36.4 Å². The molecule has 0 saturated carbocycles. The molecule has 0 unspecified atom stereocenters. The molecule has 0 spiro atoms. The first-order valence-electron chi connectivity index (χ1n) is 11.0. The molecule has 0 aliphatic carbocycles. The van der Waals surface area contributed by atoms with E-state index in [9.17, 15) is 18.3 Å². The molecule has 8 heteroatoms. The zero-order chi connectivity index (χ0) is 24.1. The van der Waals surface area contributed by atoms with Crippen molar-refractivity contribution >= 4 is 44.9 Å². The van der Waals surface area contributed by atoms with Crippen LogP contribution >= 0.6 is 11.6 Å². The van der Waals surface area contributed by atoms with Gasteiger partial charge in [0.1, 0.15) is 0 Å². The van der Waals surface area contributed by atoms with E-state index in [2.05, 4.69) is 5.32 Å². The number of para-hydroxylation sites is 1. The molecule has 0 amide bonds. The lowest BCUT2D eigenvalue weighted by Crippen LogP contribution is -2.39. The van der Waals surface area contributed by atoms with Crippen LogP contribution < -0.4 is 5.32 Å². The Morgan fingerprint density at radius 1 is 1.00 bits per heavy atom. The number of carbonyl (C=O) groups excluding carboxylic acids is 1. The summed E-state index contributed by atoms with van der Waals surface area (Å²) in [6, 6.07) is 20.9. The molecule has 0 atom stereocenters. The highest BCUT2D eigenvalue weighted by atomic mass is 35.5. The summed E-state index contributed by atoms with van der Waals surface area (Å²) in [5.41, 5.74) is 2.82. The molecule has 1 aliphatic heterocycles. The Kier molecular flexibility index (Phi) is 7.48. The summed E-state index contributed by atoms with van der Waals surface area (Å²) in [7, 11) is -3.65. The molecule has 1 saturated heterocycles. The maximum Gasteiger partial charge on any atom is 0.243 e. The van der Waals surface area contributed by atoms with Crippen LogP contribution in [0.15, 0.2) is 83.8 Å². The number of allylic oxidation sites excluding steroid dienone is 1. The normalized spacial score (nSPS) is 15.5. The standard InChI is InChI=1S/C26H25ClN2O4S/c27-21-10-6-19(25(18-21)28-22-4-2-1-3-5-22)9-13-26(31)20-7-11-24(12-8-20)34(32,33)29-16-14-23(30)15-17-29/h1-13,18,23,28,30H,14-17H2. The van der Waals surface area contributed by atoms with Gasteiger partial charge in [0.15, 0.2) is 5.78 Å². The van der Waals surface area contributed by atoms with Crippen molar-refractivity contribution in [2.24, 2.45) is 0 Å². The zero-order valence-electron chi connectivity index (χ0n) is 18.4. The molecular weight excluding hydrogens is 472 g/mol. The van der Waals surface area contributed by atoms with E-state index >= 15 is 0 Å². The fraction of sp³-hybridized carbons (Fsp3) is 0.192. The van der Waals surface area contributed by atoms with Crippen molar-refractivity contribution in [1.82, 2.24) is 4.31 Å². The number of ketones is 1. The number of aliphatic hydroxyl groups is 1. The highest BCUT2D eigenvalue weighted by molar-refractivity contribution is 7.89. The number of anilines is 2. The van der Waals surface area contributed by atoms with Gasteiger partial charge in [0.05, 0.1) is 11.0 Å². The predicted octanol–water partition coefficient (Wildman–Crippen LogP) is 5.13. The minimum absolute atomic E-state index is 0.136. The fourth-order valence-corrected chi connectivity index (χ4v) is 5.39. The molecule has 3 aromatic rings. The van der Waals surface area contributed by atoms with Crippen molar-refractivity contribution in [1.29, 1.82) is 0 Å². The SMILES string of the molecule is O=C(C=Cc1ccc(Cl)cc1Nc1ccccc1)c1ccc(S(=O)(=O)N2CCC(O)CC2)cc1. The fourth-order valence-electron chi connectivity index (χ4n) is 3.74. The molecule has 1 fully saturated rings. The summed E-state index contributed by atoms with van der Waals surface area (Å²) in [6.07, 6.45) is 3.55. The van der Waals surface area contributed by atoms with Crippen molar-refractivity contribution in [2.45, 2.75) is 23.8 Å². The van der Waals surface area contributed by atoms with Gasteiger partial charge in [-0.1, -0.05) is 35.9 Å². The average Bonchev–Trinajstić information content (AvgIpc) is 2.84. The minimum Gasteiger partial charge on any atom is -0.393 e. The van der Waals surface area contributed by atoms with E-state index in [4.69, 9.17) is 11.6 Å². The van der Waals surface area contributed by atoms with E-state index in [1.54, 1.807) is 18.2 Å². The zero-order valence-corrected chi connectivity index (χ0v) is 20.0. The van der Waals surface area contributed by atoms with Gasteiger partial charge in [0.2, 0.25) is 10.0 Å². The molecule has 4 rings (SSSR count). The van der Waals surface area contributed by atoms with Gasteiger partial charge >= 0.3 is 0 Å². The molecule has 176 valence electrons. The number of hydrogen-bond donors (Lipinski definition) is 2. The second-order valence-corrected chi connectivity index (χ2v) is 10.5. The van der Waals surface area contributed by atoms with Crippen molar-refractivity contribution in [3.63, 3.8) is 0 Å². The molecule has 34 heavy (non-hydrogen) atoms. The van der Waals surface area contributed by atoms with E-state index in [1.165, 1.54) is 34.6 Å². The van der Waals surface area contributed by atoms with Crippen molar-refractivity contribution < 1.29 is 18.3 Å². The topological polar surface area (TPSA) is 86.7 Å². The van der Waals surface area contributed by atoms with Gasteiger partial charge in [-0.15, -0.1) is 0 Å². The van der Waals surface area contributed by atoms with Crippen molar-refractivity contribution in [2.75, 3.05) is 18.4 Å². The van der Waals surface area contributed by atoms with Crippen LogP contribution in [0.3, 0.4) is 0 Å². The third-order valence-electron chi connectivity index (χ3n) is 5.68. The van der Waals surface area contributed by atoms with Crippen LogP contribution in [0.2, 0.25) is 5.02 Å². The van der Waals surface area contributed by atoms with E-state index in [0.717, 1.165) is 16.9 Å². The smallest absolute Gasteiger partial charge is 0.243 e. The Labute approximate surface area is 204 Å². The maximum atomic E-state index is 12.8. The largest absolute Gasteiger partial charge is 0.393 e. The summed E-state index contributed by atoms with van der Waals surface area (Å²) >= 11 is 6.16. The van der Waals surface area contributed by atoms with Gasteiger partial charge in [0, 0.05) is 35.1 Å². The third-order valence-corrected chi connectivity index (χ3v) is 7.83. The quantitative estimate of drug-likeness (QED) is 0.350. The number of benzene rings is 3. The van der Waals surface area contributed by atoms with Crippen LogP contribution in [0.1, 0.15) is 28.8 Å². The minimum atomic E-state index is -3.65. The van der Waals surface area contributed by atoms with E-state index in [-0.39, 0.29) is 23.8 Å². The van der Waals surface area contributed by atoms with E-state index < -0.39 is 16.1 Å². The Morgan fingerprint density at radius 2 is 1.68 bits per heavy atom. The van der Waals surface area contributed by atoms with Gasteiger partial charge in [-0.3, -0.25) is 4.79 Å². The summed E-state index contributed by atoms with van der Waals surface area (Å²) in [5, 5.41) is 13.5. The number of halogens is 1. The number of carbonyl (C=O) groups is 1. The number of sulfonamides is 1. The number of rotatable bonds is 7. The van der Waals surface area contributed by atoms with Crippen LogP contribution in [0.4, 0.5) is 11.4 Å². The molecule has 0 radical (unpaired) electrons. The Morgan fingerprint density at radius 3 is 2.35 bits per heavy atom. The van der Waals surface area contributed by atoms with Crippen LogP contribution in [0.5, 0.6) is 0 Å². The molecule has 3 aromatic carbocycles. The number of nitrogens with one attached hydrogen (secondary N) is 1. The highest BCUT2D eigenvalue weighted by Gasteiger charge is 2.28. The van der Waals surface area contributed by atoms with Crippen LogP contribution in [-0.2, 0) is 10.0 Å². The molecule has 1 aliphatic rings. The van der Waals surface area contributed by atoms with Crippen LogP contribution in [0.25, 0.3) is 6.08 Å². The van der Waals surface area contributed by atoms with Crippen LogP contribution in [0, 0.1) is 0 Å². The molecule has 0 aromatic heterocycles. The second-order valence-electron chi connectivity index (χ2n) is 8.08. The predicted molar refractivity (Wildman–Crippen MR) is 135 cm³/mol. The first-order chi connectivity index (χ1) is 16.3. The highest BCUT2D eigenvalue weighted by Crippen LogP contribution is 2.26. The maximum absolute atomic E-state index is 12.8. The van der Waals surface area contributed by atoms with Crippen molar-refractivity contribution in [3.8, 4) is 0 Å². The van der Waals surface area contributed by atoms with Crippen molar-refractivity contribution in [3.05, 3.63) is 95.0 Å². The number of nitrogens with zero attached hydrogens (tertiary/aromatic N) is 1. The summed E-state index contributed by atoms with van der Waals surface area (Å²) in [5.74, 6) is -0.245. The molecule has 6 nitrogen and oxygen atoms in total. The summed E-state index contributed by atoms with van der Waals surface area (Å²) < 4.78 is 27.0. The van der Waals surface area contributed by atoms with Gasteiger partial charge in [-0.05, 0) is 79.1 Å². The first-order valence-corrected chi connectivity index (χ1v) is 12.8. The molecule has 2 N–H and O–H groups in total. The monoisotopic (exact) mass is 496 g/mol. The lowest BCUT2D eigenvalue weighted by Gasteiger charge is -2.28. The summed E-state index contributed by atoms with van der Waals surface area (Å²) in [4.78, 5) is 12.9. The average molecular weight is 497 g/mol. The van der Waals surface area contributed by atoms with Gasteiger partial charge in [0.25, 0.3) is 0 Å². The lowest BCUT2D eigenvalue weighted by atomic mass is 10.1. The Bertz CT molecular complexity index is 1280. The lowest BCUT2D eigenvalue weighted by molar-refractivity contribution is 0.104. The number of aliphatic hydroxyl groups excluding tert-OH is 1.